The average Bonchev–Trinajstić information content (AvgIpc) is 3.11. The summed E-state index contributed by atoms with van der Waals surface area (Å²) in [6, 6.07) is 7.59. The molecule has 2 N–H and O–H groups in total. The zero-order valence-corrected chi connectivity index (χ0v) is 17.0. The quantitative estimate of drug-likeness (QED) is 0.695. The maximum absolute atomic E-state index is 12.7. The Bertz CT molecular complexity index is 905. The number of pyridine rings is 2. The van der Waals surface area contributed by atoms with Crippen LogP contribution in [0.5, 0.6) is 0 Å². The summed E-state index contributed by atoms with van der Waals surface area (Å²) in [5, 5.41) is 13.0. The molecule has 0 aliphatic carbocycles. The number of urea groups is 1. The Morgan fingerprint density at radius 1 is 1.23 bits per heavy atom. The zero-order valence-electron chi connectivity index (χ0n) is 17.0. The van der Waals surface area contributed by atoms with Crippen LogP contribution in [0.25, 0.3) is 0 Å². The molecule has 4 rings (SSSR count). The van der Waals surface area contributed by atoms with Gasteiger partial charge in [0.05, 0.1) is 0 Å². The van der Waals surface area contributed by atoms with Gasteiger partial charge in [-0.25, -0.2) is 9.78 Å². The monoisotopic (exact) mass is 409 g/mol. The van der Waals surface area contributed by atoms with Gasteiger partial charge in [-0.3, -0.25) is 9.78 Å². The third-order valence-corrected chi connectivity index (χ3v) is 5.78. The lowest BCUT2D eigenvalue weighted by molar-refractivity contribution is -0.139. The standard InChI is InChI=1S/C22H27N5O3/c28-21(29)19(17-5-1-9-23-14-17)15-27-13-12-26(22(27)30)11-3-6-18-8-7-16-4-2-10-24-20(16)25-18/h1,5,7-9,14,19H,2-4,6,10-13,15H2,(H,24,25)(H,28,29)/t19-/m0/s1. The van der Waals surface area contributed by atoms with E-state index in [1.807, 2.05) is 0 Å². The van der Waals surface area contributed by atoms with Gasteiger partial charge in [0.25, 0.3) is 0 Å². The second kappa shape index (κ2) is 9.11. The lowest BCUT2D eigenvalue weighted by atomic mass is 10.0. The van der Waals surface area contributed by atoms with Crippen LogP contribution in [0, 0.1) is 0 Å². The van der Waals surface area contributed by atoms with Crippen LogP contribution in [0.15, 0.2) is 36.7 Å². The van der Waals surface area contributed by atoms with Crippen LogP contribution >= 0.6 is 0 Å². The Labute approximate surface area is 175 Å². The minimum Gasteiger partial charge on any atom is -0.481 e. The van der Waals surface area contributed by atoms with E-state index in [0.717, 1.165) is 43.7 Å². The SMILES string of the molecule is O=C(O)[C@@H](CN1CCN(CCCc2ccc3c(n2)NCCC3)C1=O)c1cccnc1. The fraction of sp³-hybridized carbons (Fsp3) is 0.455. The highest BCUT2D eigenvalue weighted by molar-refractivity contribution is 5.80. The van der Waals surface area contributed by atoms with Gasteiger partial charge in [-0.2, -0.15) is 0 Å². The summed E-state index contributed by atoms with van der Waals surface area (Å²) in [6.45, 7) is 2.94. The average molecular weight is 409 g/mol. The van der Waals surface area contributed by atoms with Crippen molar-refractivity contribution < 1.29 is 14.7 Å². The summed E-state index contributed by atoms with van der Waals surface area (Å²) in [4.78, 5) is 36.6. The molecule has 158 valence electrons. The van der Waals surface area contributed by atoms with Crippen molar-refractivity contribution >= 4 is 17.8 Å². The Hall–Kier alpha value is -3.16. The topological polar surface area (TPSA) is 98.7 Å². The van der Waals surface area contributed by atoms with E-state index >= 15 is 0 Å². The molecule has 2 amide bonds. The normalized spacial score (nSPS) is 16.9. The highest BCUT2D eigenvalue weighted by atomic mass is 16.4. The number of carboxylic acids is 1. The molecule has 2 aliphatic heterocycles. The Kier molecular flexibility index (Phi) is 6.11. The molecule has 2 aliphatic rings. The minimum atomic E-state index is -0.943. The number of rotatable bonds is 8. The second-order valence-electron chi connectivity index (χ2n) is 7.84. The van der Waals surface area contributed by atoms with Gasteiger partial charge < -0.3 is 20.2 Å². The number of aliphatic carboxylic acids is 1. The second-order valence-corrected chi connectivity index (χ2v) is 7.84. The van der Waals surface area contributed by atoms with Crippen LogP contribution in [0.2, 0.25) is 0 Å². The Morgan fingerprint density at radius 3 is 2.90 bits per heavy atom. The van der Waals surface area contributed by atoms with Crippen molar-refractivity contribution in [1.82, 2.24) is 19.8 Å². The molecule has 0 bridgehead atoms. The predicted molar refractivity (Wildman–Crippen MR) is 113 cm³/mol. The molecule has 0 saturated carbocycles. The smallest absolute Gasteiger partial charge is 0.320 e. The molecule has 4 heterocycles. The lowest BCUT2D eigenvalue weighted by Gasteiger charge is -2.22. The van der Waals surface area contributed by atoms with Gasteiger partial charge in [-0.15, -0.1) is 0 Å². The molecular weight excluding hydrogens is 382 g/mol. The molecule has 0 spiro atoms. The molecule has 1 atom stereocenters. The molecule has 8 heteroatoms. The van der Waals surface area contributed by atoms with Crippen molar-refractivity contribution in [3.8, 4) is 0 Å². The van der Waals surface area contributed by atoms with Gasteiger partial charge in [0.1, 0.15) is 11.7 Å². The van der Waals surface area contributed by atoms with Crippen LogP contribution in [0.4, 0.5) is 10.6 Å². The van der Waals surface area contributed by atoms with Crippen molar-refractivity contribution in [3.05, 3.63) is 53.5 Å². The molecule has 0 radical (unpaired) electrons. The number of aryl methyl sites for hydroxylation is 2. The van der Waals surface area contributed by atoms with Crippen molar-refractivity contribution in [2.45, 2.75) is 31.6 Å². The zero-order chi connectivity index (χ0) is 20.9. The van der Waals surface area contributed by atoms with Crippen molar-refractivity contribution in [1.29, 1.82) is 0 Å². The molecule has 0 unspecified atom stereocenters. The van der Waals surface area contributed by atoms with Gasteiger partial charge in [-0.05, 0) is 48.9 Å². The molecule has 0 aromatic carbocycles. The van der Waals surface area contributed by atoms with Gasteiger partial charge in [-0.1, -0.05) is 12.1 Å². The van der Waals surface area contributed by atoms with Gasteiger partial charge in [0, 0.05) is 50.8 Å². The van der Waals surface area contributed by atoms with Gasteiger partial charge >= 0.3 is 12.0 Å². The number of anilines is 1. The number of fused-ring (bicyclic) bond motifs is 1. The van der Waals surface area contributed by atoms with E-state index in [4.69, 9.17) is 4.98 Å². The Balaban J connectivity index is 1.29. The number of hydrogen-bond donors (Lipinski definition) is 2. The van der Waals surface area contributed by atoms with Crippen molar-refractivity contribution in [2.24, 2.45) is 0 Å². The van der Waals surface area contributed by atoms with E-state index in [1.165, 1.54) is 5.56 Å². The third kappa shape index (κ3) is 4.53. The Morgan fingerprint density at radius 2 is 2.10 bits per heavy atom. The summed E-state index contributed by atoms with van der Waals surface area (Å²) in [5.74, 6) is -0.714. The number of carbonyl (C=O) groups is 2. The van der Waals surface area contributed by atoms with E-state index in [0.29, 0.717) is 25.2 Å². The van der Waals surface area contributed by atoms with Crippen molar-refractivity contribution in [3.63, 3.8) is 0 Å². The van der Waals surface area contributed by atoms with E-state index < -0.39 is 11.9 Å². The number of carboxylic acid groups (broad SMARTS) is 1. The maximum Gasteiger partial charge on any atom is 0.320 e. The first-order chi connectivity index (χ1) is 14.6. The first-order valence-electron chi connectivity index (χ1n) is 10.5. The van der Waals surface area contributed by atoms with Crippen molar-refractivity contribution in [2.75, 3.05) is 38.0 Å². The number of nitrogens with zero attached hydrogens (tertiary/aromatic N) is 4. The van der Waals surface area contributed by atoms with E-state index in [-0.39, 0.29) is 12.6 Å². The fourth-order valence-electron chi connectivity index (χ4n) is 4.10. The molecule has 1 saturated heterocycles. The number of carbonyl (C=O) groups excluding carboxylic acids is 1. The first-order valence-corrected chi connectivity index (χ1v) is 10.5. The first kappa shape index (κ1) is 20.1. The highest BCUT2D eigenvalue weighted by Gasteiger charge is 2.32. The van der Waals surface area contributed by atoms with E-state index in [1.54, 1.807) is 34.3 Å². The van der Waals surface area contributed by atoms with Gasteiger partial charge in [0.2, 0.25) is 0 Å². The number of amides is 2. The van der Waals surface area contributed by atoms with E-state index in [2.05, 4.69) is 22.4 Å². The molecule has 8 nitrogen and oxygen atoms in total. The number of hydrogen-bond acceptors (Lipinski definition) is 5. The summed E-state index contributed by atoms with van der Waals surface area (Å²) in [7, 11) is 0. The van der Waals surface area contributed by atoms with Crippen LogP contribution < -0.4 is 5.32 Å². The van der Waals surface area contributed by atoms with Gasteiger partial charge in [0.15, 0.2) is 0 Å². The fourth-order valence-corrected chi connectivity index (χ4v) is 4.10. The van der Waals surface area contributed by atoms with Crippen LogP contribution in [0.3, 0.4) is 0 Å². The number of aromatic nitrogens is 2. The summed E-state index contributed by atoms with van der Waals surface area (Å²) in [6.07, 6.45) is 7.02. The summed E-state index contributed by atoms with van der Waals surface area (Å²) in [5.41, 5.74) is 2.93. The molecular formula is C22H27N5O3. The third-order valence-electron chi connectivity index (χ3n) is 5.78. The van der Waals surface area contributed by atoms with Crippen LogP contribution in [-0.2, 0) is 17.6 Å². The molecule has 2 aromatic heterocycles. The molecule has 1 fully saturated rings. The molecule has 2 aromatic rings. The molecule has 30 heavy (non-hydrogen) atoms. The predicted octanol–water partition coefficient (Wildman–Crippen LogP) is 2.37. The van der Waals surface area contributed by atoms with E-state index in [9.17, 15) is 14.7 Å². The van der Waals surface area contributed by atoms with Crippen LogP contribution in [-0.4, -0.2) is 69.6 Å². The van der Waals surface area contributed by atoms with Crippen LogP contribution in [0.1, 0.15) is 35.6 Å². The number of nitrogens with one attached hydrogen (secondary N) is 1. The largest absolute Gasteiger partial charge is 0.481 e. The highest BCUT2D eigenvalue weighted by Crippen LogP contribution is 2.22. The maximum atomic E-state index is 12.7. The summed E-state index contributed by atoms with van der Waals surface area (Å²) >= 11 is 0. The minimum absolute atomic E-state index is 0.0924. The lowest BCUT2D eigenvalue weighted by Crippen LogP contribution is -2.36. The summed E-state index contributed by atoms with van der Waals surface area (Å²) < 4.78 is 0.